The molecule has 1 saturated heterocycles. The Labute approximate surface area is 117 Å². The Kier molecular flexibility index (Phi) is 4.88. The molecule has 1 saturated carbocycles. The van der Waals surface area contributed by atoms with E-state index in [0.29, 0.717) is 6.04 Å². The van der Waals surface area contributed by atoms with E-state index in [1.165, 1.54) is 19.3 Å². The molecule has 0 aromatic carbocycles. The number of aliphatic carboxylic acids is 1. The fraction of sp³-hybridized carbons (Fsp3) is 0.938. The summed E-state index contributed by atoms with van der Waals surface area (Å²) in [4.78, 5) is 13.6. The molecule has 0 radical (unpaired) electrons. The summed E-state index contributed by atoms with van der Waals surface area (Å²) in [6.07, 6.45) is 5.70. The van der Waals surface area contributed by atoms with Gasteiger partial charge in [0.25, 0.3) is 0 Å². The van der Waals surface area contributed by atoms with Gasteiger partial charge < -0.3 is 10.0 Å². The van der Waals surface area contributed by atoms with Crippen LogP contribution >= 0.6 is 0 Å². The van der Waals surface area contributed by atoms with Crippen molar-refractivity contribution in [2.45, 2.75) is 58.9 Å². The lowest BCUT2D eigenvalue weighted by Crippen LogP contribution is -2.49. The molecular formula is C16H29NO2. The second-order valence-electron chi connectivity index (χ2n) is 7.04. The van der Waals surface area contributed by atoms with Crippen LogP contribution in [-0.4, -0.2) is 35.1 Å². The molecule has 0 aromatic rings. The maximum Gasteiger partial charge on any atom is 0.306 e. The van der Waals surface area contributed by atoms with Gasteiger partial charge in [0, 0.05) is 6.04 Å². The van der Waals surface area contributed by atoms with Gasteiger partial charge in [-0.05, 0) is 56.5 Å². The van der Waals surface area contributed by atoms with Gasteiger partial charge in [0.15, 0.2) is 0 Å². The lowest BCUT2D eigenvalue weighted by Gasteiger charge is -2.46. The Morgan fingerprint density at radius 3 is 2.32 bits per heavy atom. The van der Waals surface area contributed by atoms with Crippen LogP contribution in [0.1, 0.15) is 52.9 Å². The summed E-state index contributed by atoms with van der Waals surface area (Å²) in [5, 5.41) is 9.10. The highest BCUT2D eigenvalue weighted by molar-refractivity contribution is 5.70. The molecule has 1 aliphatic carbocycles. The van der Waals surface area contributed by atoms with Gasteiger partial charge >= 0.3 is 5.97 Å². The molecule has 0 bridgehead atoms. The van der Waals surface area contributed by atoms with E-state index < -0.39 is 5.97 Å². The zero-order valence-corrected chi connectivity index (χ0v) is 12.6. The van der Waals surface area contributed by atoms with Crippen molar-refractivity contribution in [3.63, 3.8) is 0 Å². The van der Waals surface area contributed by atoms with E-state index in [1.54, 1.807) is 0 Å². The predicted octanol–water partition coefficient (Wildman–Crippen LogP) is 3.24. The van der Waals surface area contributed by atoms with E-state index in [9.17, 15) is 4.79 Å². The van der Waals surface area contributed by atoms with Gasteiger partial charge in [-0.25, -0.2) is 0 Å². The molecule has 110 valence electrons. The van der Waals surface area contributed by atoms with Crippen LogP contribution in [-0.2, 0) is 4.79 Å². The lowest BCUT2D eigenvalue weighted by molar-refractivity contribution is -0.143. The second-order valence-corrected chi connectivity index (χ2v) is 7.04. The summed E-state index contributed by atoms with van der Waals surface area (Å²) in [5.74, 6) is 1.68. The fourth-order valence-corrected chi connectivity index (χ4v) is 4.05. The average molecular weight is 267 g/mol. The molecule has 3 atom stereocenters. The molecule has 0 amide bonds. The summed E-state index contributed by atoms with van der Waals surface area (Å²) in [5.41, 5.74) is 0. The second kappa shape index (κ2) is 6.25. The van der Waals surface area contributed by atoms with Crippen molar-refractivity contribution >= 4 is 5.97 Å². The van der Waals surface area contributed by atoms with Crippen molar-refractivity contribution in [3.8, 4) is 0 Å². The van der Waals surface area contributed by atoms with Crippen molar-refractivity contribution < 1.29 is 9.90 Å². The van der Waals surface area contributed by atoms with Gasteiger partial charge in [-0.2, -0.15) is 0 Å². The summed E-state index contributed by atoms with van der Waals surface area (Å²) in [7, 11) is 0. The van der Waals surface area contributed by atoms with Gasteiger partial charge in [0.05, 0.1) is 5.92 Å². The van der Waals surface area contributed by atoms with E-state index >= 15 is 0 Å². The first-order valence-electron chi connectivity index (χ1n) is 7.96. The highest BCUT2D eigenvalue weighted by Gasteiger charge is 2.36. The van der Waals surface area contributed by atoms with Crippen LogP contribution in [0.15, 0.2) is 0 Å². The van der Waals surface area contributed by atoms with E-state index in [0.717, 1.165) is 43.7 Å². The molecule has 2 fully saturated rings. The zero-order chi connectivity index (χ0) is 14.0. The van der Waals surface area contributed by atoms with Crippen molar-refractivity contribution in [1.29, 1.82) is 0 Å². The van der Waals surface area contributed by atoms with Crippen molar-refractivity contribution in [3.05, 3.63) is 0 Å². The predicted molar refractivity (Wildman–Crippen MR) is 77.1 cm³/mol. The Hall–Kier alpha value is -0.570. The molecule has 2 rings (SSSR count). The first-order chi connectivity index (χ1) is 8.99. The van der Waals surface area contributed by atoms with Gasteiger partial charge in [-0.15, -0.1) is 0 Å². The topological polar surface area (TPSA) is 40.5 Å². The molecule has 0 aromatic heterocycles. The monoisotopic (exact) mass is 267 g/mol. The summed E-state index contributed by atoms with van der Waals surface area (Å²) in [6.45, 7) is 9.03. The number of hydrogen-bond donors (Lipinski definition) is 1. The van der Waals surface area contributed by atoms with Crippen LogP contribution < -0.4 is 0 Å². The minimum absolute atomic E-state index is 0.102. The smallest absolute Gasteiger partial charge is 0.306 e. The van der Waals surface area contributed by atoms with E-state index in [1.807, 2.05) is 0 Å². The molecule has 3 unspecified atom stereocenters. The van der Waals surface area contributed by atoms with Crippen LogP contribution in [0.5, 0.6) is 0 Å². The van der Waals surface area contributed by atoms with Gasteiger partial charge in [-0.3, -0.25) is 4.79 Å². The molecular weight excluding hydrogens is 238 g/mol. The summed E-state index contributed by atoms with van der Waals surface area (Å²) >= 11 is 0. The third kappa shape index (κ3) is 3.50. The Morgan fingerprint density at radius 2 is 1.79 bits per heavy atom. The molecule has 2 aliphatic rings. The highest BCUT2D eigenvalue weighted by atomic mass is 16.4. The number of rotatable bonds is 3. The number of likely N-dealkylation sites (tertiary alicyclic amines) is 1. The largest absolute Gasteiger partial charge is 0.481 e. The first-order valence-corrected chi connectivity index (χ1v) is 7.96. The molecule has 1 heterocycles. The molecule has 3 nitrogen and oxygen atoms in total. The minimum Gasteiger partial charge on any atom is -0.481 e. The van der Waals surface area contributed by atoms with Crippen LogP contribution in [0, 0.1) is 23.7 Å². The summed E-state index contributed by atoms with van der Waals surface area (Å²) in [6, 6.07) is 0.693. The van der Waals surface area contributed by atoms with Crippen LogP contribution in [0.4, 0.5) is 0 Å². The molecule has 19 heavy (non-hydrogen) atoms. The van der Waals surface area contributed by atoms with E-state index in [4.69, 9.17) is 5.11 Å². The van der Waals surface area contributed by atoms with Crippen molar-refractivity contribution in [2.75, 3.05) is 13.1 Å². The fourth-order valence-electron chi connectivity index (χ4n) is 4.05. The van der Waals surface area contributed by atoms with Gasteiger partial charge in [-0.1, -0.05) is 27.2 Å². The van der Waals surface area contributed by atoms with E-state index in [-0.39, 0.29) is 5.92 Å². The number of carbonyl (C=O) groups is 1. The van der Waals surface area contributed by atoms with E-state index in [2.05, 4.69) is 25.7 Å². The first kappa shape index (κ1) is 14.8. The molecule has 0 spiro atoms. The highest BCUT2D eigenvalue weighted by Crippen LogP contribution is 2.37. The Balaban J connectivity index is 1.97. The van der Waals surface area contributed by atoms with Crippen LogP contribution in [0.2, 0.25) is 0 Å². The van der Waals surface area contributed by atoms with Gasteiger partial charge in [0.2, 0.25) is 0 Å². The minimum atomic E-state index is -0.600. The molecule has 1 aliphatic heterocycles. The summed E-state index contributed by atoms with van der Waals surface area (Å²) < 4.78 is 0. The SMILES string of the molecule is CC1CCC(C(C)C)C(N2CCC(C(=O)O)CC2)C1. The third-order valence-corrected chi connectivity index (χ3v) is 5.33. The normalized spacial score (nSPS) is 34.6. The molecule has 3 heteroatoms. The Morgan fingerprint density at radius 1 is 1.16 bits per heavy atom. The number of carboxylic acid groups (broad SMARTS) is 1. The Bertz CT molecular complexity index is 308. The maximum absolute atomic E-state index is 11.0. The standard InChI is InChI=1S/C16H29NO2/c1-11(2)14-5-4-12(3)10-15(14)17-8-6-13(7-9-17)16(18)19/h11-15H,4-10H2,1-3H3,(H,18,19). The number of hydrogen-bond acceptors (Lipinski definition) is 2. The lowest BCUT2D eigenvalue weighted by atomic mass is 9.73. The zero-order valence-electron chi connectivity index (χ0n) is 12.6. The maximum atomic E-state index is 11.0. The quantitative estimate of drug-likeness (QED) is 0.853. The number of carboxylic acids is 1. The average Bonchev–Trinajstić information content (AvgIpc) is 2.38. The van der Waals surface area contributed by atoms with Crippen LogP contribution in [0.25, 0.3) is 0 Å². The van der Waals surface area contributed by atoms with Crippen molar-refractivity contribution in [1.82, 2.24) is 4.90 Å². The number of piperidine rings is 1. The van der Waals surface area contributed by atoms with Crippen LogP contribution in [0.3, 0.4) is 0 Å². The van der Waals surface area contributed by atoms with Gasteiger partial charge in [0.1, 0.15) is 0 Å². The van der Waals surface area contributed by atoms with Crippen molar-refractivity contribution in [2.24, 2.45) is 23.7 Å². The molecule has 1 N–H and O–H groups in total. The number of nitrogens with zero attached hydrogens (tertiary/aromatic N) is 1. The third-order valence-electron chi connectivity index (χ3n) is 5.33.